The minimum absolute atomic E-state index is 0.0130. The van der Waals surface area contributed by atoms with Crippen LogP contribution in [0.1, 0.15) is 86.0 Å². The molecule has 306 valence electrons. The number of methoxy groups -OCH3 is 1. The van der Waals surface area contributed by atoms with Crippen LogP contribution in [0.3, 0.4) is 0 Å². The molecule has 0 radical (unpaired) electrons. The lowest BCUT2D eigenvalue weighted by Crippen LogP contribution is -2.60. The largest absolute Gasteiger partial charge is 0.497 e. The van der Waals surface area contributed by atoms with Gasteiger partial charge in [-0.1, -0.05) is 57.0 Å². The molecule has 4 amide bonds. The summed E-state index contributed by atoms with van der Waals surface area (Å²) >= 11 is 0. The molecule has 1 aromatic heterocycles. The highest BCUT2D eigenvalue weighted by Crippen LogP contribution is 2.68. The third kappa shape index (κ3) is 8.12. The van der Waals surface area contributed by atoms with E-state index in [1.165, 1.54) is 4.90 Å². The number of nitrogens with zero attached hydrogens (tertiary/aromatic N) is 2. The summed E-state index contributed by atoms with van der Waals surface area (Å²) in [5.74, 6) is -1.07. The Balaban J connectivity index is 1.22. The predicted octanol–water partition coefficient (Wildman–Crippen LogP) is 5.24. The normalized spacial score (nSPS) is 23.5. The van der Waals surface area contributed by atoms with E-state index in [0.29, 0.717) is 66.6 Å². The second-order valence-corrected chi connectivity index (χ2v) is 19.1. The summed E-state index contributed by atoms with van der Waals surface area (Å²) in [6.45, 7) is 8.91. The molecular weight excluding hydrogens is 751 g/mol. The van der Waals surface area contributed by atoms with Crippen LogP contribution in [0.5, 0.6) is 11.5 Å². The Hall–Kier alpha value is -4.92. The number of sulfonamides is 1. The number of pyridine rings is 1. The quantitative estimate of drug-likeness (QED) is 0.207. The maximum Gasteiger partial charge on any atom is 0.408 e. The Morgan fingerprint density at radius 3 is 2.35 bits per heavy atom. The average Bonchev–Trinajstić information content (AvgIpc) is 4.08. The van der Waals surface area contributed by atoms with Gasteiger partial charge in [-0.05, 0) is 70.9 Å². The standard InChI is InChI=1S/C42H53N5O9S/c1-7-25(2)35(44-39(51)56-40(3,4)5)37(49)47-23-28(55-34-22-31(26-12-9-8-10-13-26)43-32-20-27(54-6)14-17-30(32)34)21-33(47)36(48)45-42(24-41(42)18-11-19-41)38(50)46-57(52,53)29-15-16-29/h8-10,12-14,17,20,22,25,28-29,33,35H,7,11,15-16,18-19,21,23-24H2,1-6H3,(H,44,51)(H,45,48)(H,46,50). The molecule has 4 aliphatic rings. The smallest absolute Gasteiger partial charge is 0.408 e. The summed E-state index contributed by atoms with van der Waals surface area (Å²) < 4.78 is 45.8. The zero-order chi connectivity index (χ0) is 40.9. The number of carbonyl (C=O) groups excluding carboxylic acids is 4. The van der Waals surface area contributed by atoms with Crippen LogP contribution in [0.25, 0.3) is 22.2 Å². The van der Waals surface area contributed by atoms with E-state index in [9.17, 15) is 27.6 Å². The molecule has 3 saturated carbocycles. The molecule has 7 rings (SSSR count). The fourth-order valence-corrected chi connectivity index (χ4v) is 9.56. The third-order valence-electron chi connectivity index (χ3n) is 12.0. The van der Waals surface area contributed by atoms with Crippen LogP contribution in [0.15, 0.2) is 54.6 Å². The zero-order valence-electron chi connectivity index (χ0n) is 33.4. The van der Waals surface area contributed by atoms with E-state index in [2.05, 4.69) is 15.4 Å². The number of hydrogen-bond acceptors (Lipinski definition) is 10. The summed E-state index contributed by atoms with van der Waals surface area (Å²) in [6, 6.07) is 14.8. The van der Waals surface area contributed by atoms with Crippen LogP contribution in [0.2, 0.25) is 0 Å². The first-order chi connectivity index (χ1) is 27.0. The number of ether oxygens (including phenoxy) is 3. The Labute approximate surface area is 333 Å². The fraction of sp³-hybridized carbons (Fsp3) is 0.548. The summed E-state index contributed by atoms with van der Waals surface area (Å²) in [7, 11) is -2.30. The van der Waals surface area contributed by atoms with Crippen molar-refractivity contribution in [2.45, 2.75) is 121 Å². The number of likely N-dealkylation sites (tertiary alicyclic amines) is 1. The second kappa shape index (κ2) is 15.1. The summed E-state index contributed by atoms with van der Waals surface area (Å²) in [5, 5.41) is 5.82. The van der Waals surface area contributed by atoms with Crippen molar-refractivity contribution in [1.29, 1.82) is 0 Å². The Morgan fingerprint density at radius 2 is 1.75 bits per heavy atom. The molecule has 3 aromatic rings. The molecule has 4 fully saturated rings. The van der Waals surface area contributed by atoms with E-state index in [1.807, 2.05) is 62.4 Å². The van der Waals surface area contributed by atoms with Gasteiger partial charge in [0.25, 0.3) is 5.91 Å². The van der Waals surface area contributed by atoms with Crippen LogP contribution in [-0.2, 0) is 29.1 Å². The second-order valence-electron chi connectivity index (χ2n) is 17.1. The Kier molecular flexibility index (Phi) is 10.7. The maximum absolute atomic E-state index is 14.7. The van der Waals surface area contributed by atoms with Gasteiger partial charge in [0.2, 0.25) is 21.8 Å². The van der Waals surface area contributed by atoms with Gasteiger partial charge in [0.05, 0.1) is 30.1 Å². The number of rotatable bonds is 13. The van der Waals surface area contributed by atoms with E-state index in [0.717, 1.165) is 12.0 Å². The van der Waals surface area contributed by atoms with Crippen molar-refractivity contribution in [3.8, 4) is 22.8 Å². The van der Waals surface area contributed by atoms with Gasteiger partial charge in [0.1, 0.15) is 40.8 Å². The SMILES string of the molecule is CCC(C)C(NC(=O)OC(C)(C)C)C(=O)N1CC(Oc2cc(-c3ccccc3)nc3cc(OC)ccc23)CC1C(=O)NC1(C(=O)NS(=O)(=O)C2CC2)CC12CCC2. The number of carbonyl (C=O) groups is 4. The summed E-state index contributed by atoms with van der Waals surface area (Å²) in [6.07, 6.45) is 2.60. The number of nitrogens with one attached hydrogen (secondary N) is 3. The lowest BCUT2D eigenvalue weighted by Gasteiger charge is -2.35. The molecule has 5 atom stereocenters. The minimum Gasteiger partial charge on any atom is -0.497 e. The lowest BCUT2D eigenvalue weighted by atomic mass is 9.77. The first-order valence-electron chi connectivity index (χ1n) is 19.9. The highest BCUT2D eigenvalue weighted by molar-refractivity contribution is 7.91. The molecule has 3 N–H and O–H groups in total. The lowest BCUT2D eigenvalue weighted by molar-refractivity contribution is -0.142. The molecule has 1 spiro atoms. The van der Waals surface area contributed by atoms with Gasteiger partial charge in [-0.25, -0.2) is 18.2 Å². The highest BCUT2D eigenvalue weighted by atomic mass is 32.2. The van der Waals surface area contributed by atoms with Crippen molar-refractivity contribution in [2.24, 2.45) is 11.3 Å². The number of fused-ring (bicyclic) bond motifs is 1. The monoisotopic (exact) mass is 803 g/mol. The van der Waals surface area contributed by atoms with Gasteiger partial charge in [-0.3, -0.25) is 19.1 Å². The molecule has 15 heteroatoms. The van der Waals surface area contributed by atoms with Crippen LogP contribution in [0, 0.1) is 11.3 Å². The van der Waals surface area contributed by atoms with Crippen molar-refractivity contribution in [3.63, 3.8) is 0 Å². The topological polar surface area (TPSA) is 182 Å². The molecule has 1 saturated heterocycles. The van der Waals surface area contributed by atoms with Gasteiger partial charge >= 0.3 is 6.09 Å². The summed E-state index contributed by atoms with van der Waals surface area (Å²) in [5.41, 5.74) is -0.650. The van der Waals surface area contributed by atoms with E-state index < -0.39 is 73.8 Å². The third-order valence-corrected chi connectivity index (χ3v) is 13.8. The predicted molar refractivity (Wildman–Crippen MR) is 213 cm³/mol. The number of amides is 4. The molecular formula is C42H53N5O9S. The van der Waals surface area contributed by atoms with Crippen molar-refractivity contribution in [1.82, 2.24) is 25.2 Å². The first kappa shape index (κ1) is 40.3. The van der Waals surface area contributed by atoms with E-state index in [-0.39, 0.29) is 18.9 Å². The van der Waals surface area contributed by atoms with Crippen molar-refractivity contribution in [3.05, 3.63) is 54.6 Å². The number of hydrogen-bond donors (Lipinski definition) is 3. The van der Waals surface area contributed by atoms with Crippen molar-refractivity contribution in [2.75, 3.05) is 13.7 Å². The van der Waals surface area contributed by atoms with Crippen molar-refractivity contribution < 1.29 is 41.8 Å². The molecule has 1 aliphatic heterocycles. The molecule has 2 aromatic carbocycles. The molecule has 57 heavy (non-hydrogen) atoms. The van der Waals surface area contributed by atoms with Crippen LogP contribution in [-0.4, -0.2) is 90.3 Å². The first-order valence-corrected chi connectivity index (χ1v) is 21.4. The van der Waals surface area contributed by atoms with E-state index >= 15 is 0 Å². The molecule has 14 nitrogen and oxygen atoms in total. The zero-order valence-corrected chi connectivity index (χ0v) is 34.2. The minimum atomic E-state index is -3.88. The van der Waals surface area contributed by atoms with Crippen LogP contribution < -0.4 is 24.8 Å². The molecule has 3 aliphatic carbocycles. The Morgan fingerprint density at radius 1 is 1.04 bits per heavy atom. The molecule has 2 heterocycles. The highest BCUT2D eigenvalue weighted by Gasteiger charge is 2.75. The van der Waals surface area contributed by atoms with Gasteiger partial charge in [-0.15, -0.1) is 0 Å². The van der Waals surface area contributed by atoms with Crippen LogP contribution in [0.4, 0.5) is 4.79 Å². The number of alkyl carbamates (subject to hydrolysis) is 1. The van der Waals surface area contributed by atoms with Crippen LogP contribution >= 0.6 is 0 Å². The van der Waals surface area contributed by atoms with Crippen molar-refractivity contribution >= 4 is 44.7 Å². The maximum atomic E-state index is 14.7. The van der Waals surface area contributed by atoms with Gasteiger partial charge in [-0.2, -0.15) is 0 Å². The Bertz CT molecular complexity index is 2170. The summed E-state index contributed by atoms with van der Waals surface area (Å²) in [4.78, 5) is 62.6. The number of benzene rings is 2. The number of aromatic nitrogens is 1. The van der Waals surface area contributed by atoms with E-state index in [1.54, 1.807) is 33.9 Å². The van der Waals surface area contributed by atoms with Gasteiger partial charge < -0.3 is 29.7 Å². The fourth-order valence-electron chi connectivity index (χ4n) is 8.21. The van der Waals surface area contributed by atoms with Gasteiger partial charge in [0.15, 0.2) is 0 Å². The van der Waals surface area contributed by atoms with Gasteiger partial charge in [0, 0.05) is 34.9 Å². The molecule has 5 unspecified atom stereocenters. The molecule has 0 bridgehead atoms. The van der Waals surface area contributed by atoms with E-state index in [4.69, 9.17) is 19.2 Å². The average molecular weight is 804 g/mol.